The van der Waals surface area contributed by atoms with E-state index >= 15 is 0 Å². The topological polar surface area (TPSA) is 56.2 Å². The highest BCUT2D eigenvalue weighted by molar-refractivity contribution is 6.05. The van der Waals surface area contributed by atoms with Crippen LogP contribution in [0.5, 0.6) is 5.88 Å². The minimum absolute atomic E-state index is 0.244. The predicted molar refractivity (Wildman–Crippen MR) is 122 cm³/mol. The third-order valence-electron chi connectivity index (χ3n) is 5.00. The smallest absolute Gasteiger partial charge is 0.262 e. The molecule has 0 radical (unpaired) electrons. The van der Waals surface area contributed by atoms with Crippen LogP contribution in [0.4, 0.5) is 5.69 Å². The first kappa shape index (κ1) is 20.4. The molecule has 1 N–H and O–H groups in total. The maximum Gasteiger partial charge on any atom is 0.262 e. The highest BCUT2D eigenvalue weighted by Gasteiger charge is 2.19. The zero-order valence-corrected chi connectivity index (χ0v) is 17.5. The van der Waals surface area contributed by atoms with Crippen molar-refractivity contribution in [2.24, 2.45) is 0 Å². The van der Waals surface area contributed by atoms with Gasteiger partial charge in [-0.1, -0.05) is 79.7 Å². The third-order valence-corrected chi connectivity index (χ3v) is 5.00. The molecule has 0 fully saturated rings. The fourth-order valence-electron chi connectivity index (χ4n) is 3.27. The van der Waals surface area contributed by atoms with Crippen molar-refractivity contribution in [2.45, 2.75) is 26.5 Å². The second kappa shape index (κ2) is 9.76. The number of benzene rings is 3. The van der Waals surface area contributed by atoms with Gasteiger partial charge in [0.05, 0.1) is 6.54 Å². The van der Waals surface area contributed by atoms with Crippen LogP contribution in [0.25, 0.3) is 0 Å². The van der Waals surface area contributed by atoms with Crippen molar-refractivity contribution in [3.05, 3.63) is 113 Å². The third kappa shape index (κ3) is 5.39. The van der Waals surface area contributed by atoms with E-state index in [1.807, 2.05) is 84.9 Å². The van der Waals surface area contributed by atoms with E-state index in [0.717, 1.165) is 23.2 Å². The quantitative estimate of drug-likeness (QED) is 0.427. The highest BCUT2D eigenvalue weighted by atomic mass is 16.5. The van der Waals surface area contributed by atoms with Gasteiger partial charge in [-0.25, -0.2) is 0 Å². The SMILES string of the molecule is CCc1ccc(NC(=O)c2cn(Cc3ccccc3)nc2OCc2ccccc2)cc1. The van der Waals surface area contributed by atoms with E-state index in [-0.39, 0.29) is 5.91 Å². The molecule has 0 unspecified atom stereocenters. The predicted octanol–water partition coefficient (Wildman–Crippen LogP) is 5.33. The molecule has 156 valence electrons. The summed E-state index contributed by atoms with van der Waals surface area (Å²) in [5.41, 5.74) is 4.49. The van der Waals surface area contributed by atoms with Crippen molar-refractivity contribution in [1.82, 2.24) is 9.78 Å². The lowest BCUT2D eigenvalue weighted by Gasteiger charge is -2.07. The Kier molecular flexibility index (Phi) is 6.43. The van der Waals surface area contributed by atoms with Gasteiger partial charge in [-0.2, -0.15) is 0 Å². The van der Waals surface area contributed by atoms with E-state index in [1.165, 1.54) is 5.56 Å². The fourth-order valence-corrected chi connectivity index (χ4v) is 3.27. The molecule has 1 heterocycles. The van der Waals surface area contributed by atoms with Crippen LogP contribution < -0.4 is 10.1 Å². The van der Waals surface area contributed by atoms with Crippen molar-refractivity contribution in [2.75, 3.05) is 5.32 Å². The van der Waals surface area contributed by atoms with Crippen LogP contribution in [-0.4, -0.2) is 15.7 Å². The zero-order valence-electron chi connectivity index (χ0n) is 17.5. The molecular weight excluding hydrogens is 386 g/mol. The molecule has 0 aliphatic carbocycles. The van der Waals surface area contributed by atoms with Gasteiger partial charge in [0, 0.05) is 11.9 Å². The van der Waals surface area contributed by atoms with Crippen LogP contribution in [0.1, 0.15) is 34.0 Å². The highest BCUT2D eigenvalue weighted by Crippen LogP contribution is 2.21. The Balaban J connectivity index is 1.55. The molecular formula is C26H25N3O2. The minimum Gasteiger partial charge on any atom is -0.471 e. The summed E-state index contributed by atoms with van der Waals surface area (Å²) in [5, 5.41) is 7.50. The summed E-state index contributed by atoms with van der Waals surface area (Å²) in [6.45, 7) is 3.00. The molecule has 3 aromatic carbocycles. The van der Waals surface area contributed by atoms with Gasteiger partial charge in [0.2, 0.25) is 5.88 Å². The first-order chi connectivity index (χ1) is 15.2. The maximum atomic E-state index is 13.0. The molecule has 5 nitrogen and oxygen atoms in total. The zero-order chi connectivity index (χ0) is 21.5. The summed E-state index contributed by atoms with van der Waals surface area (Å²) in [4.78, 5) is 13.0. The summed E-state index contributed by atoms with van der Waals surface area (Å²) in [6, 6.07) is 27.7. The molecule has 1 aromatic heterocycles. The Morgan fingerprint density at radius 3 is 2.16 bits per heavy atom. The van der Waals surface area contributed by atoms with Crippen molar-refractivity contribution in [3.8, 4) is 5.88 Å². The van der Waals surface area contributed by atoms with Crippen LogP contribution in [0.15, 0.2) is 91.1 Å². The summed E-state index contributed by atoms with van der Waals surface area (Å²) in [5.74, 6) is 0.0779. The monoisotopic (exact) mass is 411 g/mol. The standard InChI is InChI=1S/C26H25N3O2/c1-2-20-13-15-23(16-14-20)27-25(30)24-18-29(17-21-9-5-3-6-10-21)28-26(24)31-19-22-11-7-4-8-12-22/h3-16,18H,2,17,19H2,1H3,(H,27,30). The number of aromatic nitrogens is 2. The van der Waals surface area contributed by atoms with Gasteiger partial charge in [0.1, 0.15) is 12.2 Å². The van der Waals surface area contributed by atoms with Gasteiger partial charge in [-0.3, -0.25) is 9.48 Å². The number of nitrogens with zero attached hydrogens (tertiary/aromatic N) is 2. The van der Waals surface area contributed by atoms with Crippen LogP contribution in [0, 0.1) is 0 Å². The first-order valence-corrected chi connectivity index (χ1v) is 10.4. The largest absolute Gasteiger partial charge is 0.471 e. The molecule has 0 spiro atoms. The first-order valence-electron chi connectivity index (χ1n) is 10.4. The summed E-state index contributed by atoms with van der Waals surface area (Å²) in [7, 11) is 0. The van der Waals surface area contributed by atoms with Gasteiger partial charge in [0.25, 0.3) is 5.91 Å². The summed E-state index contributed by atoms with van der Waals surface area (Å²) < 4.78 is 7.68. The lowest BCUT2D eigenvalue weighted by Crippen LogP contribution is -2.12. The number of hydrogen-bond acceptors (Lipinski definition) is 3. The molecule has 0 bridgehead atoms. The number of anilines is 1. The Bertz CT molecular complexity index is 1120. The van der Waals surface area contributed by atoms with E-state index < -0.39 is 0 Å². The van der Waals surface area contributed by atoms with Gasteiger partial charge in [0.15, 0.2) is 0 Å². The Morgan fingerprint density at radius 2 is 1.52 bits per heavy atom. The van der Waals surface area contributed by atoms with Gasteiger partial charge in [-0.15, -0.1) is 5.10 Å². The molecule has 0 atom stereocenters. The van der Waals surface area contributed by atoms with Crippen LogP contribution >= 0.6 is 0 Å². The molecule has 0 saturated heterocycles. The van der Waals surface area contributed by atoms with Crippen molar-refractivity contribution >= 4 is 11.6 Å². The van der Waals surface area contributed by atoms with Crippen LogP contribution in [0.2, 0.25) is 0 Å². The number of carbonyl (C=O) groups is 1. The van der Waals surface area contributed by atoms with E-state index in [2.05, 4.69) is 17.3 Å². The van der Waals surface area contributed by atoms with Crippen molar-refractivity contribution in [3.63, 3.8) is 0 Å². The Labute approximate surface area is 182 Å². The molecule has 4 rings (SSSR count). The van der Waals surface area contributed by atoms with Crippen LogP contribution in [-0.2, 0) is 19.6 Å². The number of carbonyl (C=O) groups excluding carboxylic acids is 1. The average molecular weight is 412 g/mol. The second-order valence-corrected chi connectivity index (χ2v) is 7.31. The van der Waals surface area contributed by atoms with Gasteiger partial charge in [-0.05, 0) is 35.2 Å². The normalized spacial score (nSPS) is 10.6. The summed E-state index contributed by atoms with van der Waals surface area (Å²) >= 11 is 0. The van der Waals surface area contributed by atoms with E-state index in [1.54, 1.807) is 10.9 Å². The second-order valence-electron chi connectivity index (χ2n) is 7.31. The Morgan fingerprint density at radius 1 is 0.871 bits per heavy atom. The minimum atomic E-state index is -0.244. The number of ether oxygens (including phenoxy) is 1. The molecule has 0 saturated carbocycles. The van der Waals surface area contributed by atoms with E-state index in [4.69, 9.17) is 4.74 Å². The molecule has 0 aliphatic heterocycles. The van der Waals surface area contributed by atoms with E-state index in [0.29, 0.717) is 24.6 Å². The lowest BCUT2D eigenvalue weighted by molar-refractivity contribution is 0.102. The number of hydrogen-bond donors (Lipinski definition) is 1. The van der Waals surface area contributed by atoms with Crippen molar-refractivity contribution in [1.29, 1.82) is 0 Å². The average Bonchev–Trinajstić information content (AvgIpc) is 3.22. The number of aryl methyl sites for hydroxylation is 1. The number of rotatable bonds is 8. The number of nitrogens with one attached hydrogen (secondary N) is 1. The molecule has 5 heteroatoms. The van der Waals surface area contributed by atoms with Gasteiger partial charge < -0.3 is 10.1 Å². The molecule has 1 amide bonds. The Hall–Kier alpha value is -3.86. The fraction of sp³-hybridized carbons (Fsp3) is 0.154. The maximum absolute atomic E-state index is 13.0. The van der Waals surface area contributed by atoms with Crippen molar-refractivity contribution < 1.29 is 9.53 Å². The molecule has 0 aliphatic rings. The van der Waals surface area contributed by atoms with Gasteiger partial charge >= 0.3 is 0 Å². The van der Waals surface area contributed by atoms with Crippen LogP contribution in [0.3, 0.4) is 0 Å². The number of amides is 1. The molecule has 31 heavy (non-hydrogen) atoms. The lowest BCUT2D eigenvalue weighted by atomic mass is 10.1. The molecule has 4 aromatic rings. The van der Waals surface area contributed by atoms with E-state index in [9.17, 15) is 4.79 Å². The summed E-state index contributed by atoms with van der Waals surface area (Å²) in [6.07, 6.45) is 2.70.